The number of amides is 3. The third-order valence-corrected chi connectivity index (χ3v) is 4.79. The zero-order valence-electron chi connectivity index (χ0n) is 16.9. The number of nitrogens with one attached hydrogen (secondary N) is 1. The predicted octanol–water partition coefficient (Wildman–Crippen LogP) is 3.83. The van der Waals surface area contributed by atoms with E-state index < -0.39 is 29.6 Å². The van der Waals surface area contributed by atoms with Gasteiger partial charge in [0.05, 0.1) is 13.7 Å². The molecule has 1 N–H and O–H groups in total. The lowest BCUT2D eigenvalue weighted by atomic mass is 9.92. The molecule has 3 amide bonds. The molecule has 0 spiro atoms. The number of imide groups is 1. The number of carbonyl (C=O) groups excluding carboxylic acids is 2. The Morgan fingerprint density at radius 3 is 2.13 bits per heavy atom. The standard InChI is InChI=1S/C21H21F3N2O5/c1-20(14-4-6-17(7-5-14)31-21(22,23)24)18(27)26(19(28)25-20)12-3-13-30-16-10-8-15(29-2)9-11-16/h4-11H,3,12-13H2,1-2H3,(H,25,28). The molecule has 0 saturated carbocycles. The molecule has 1 heterocycles. The number of halogens is 3. The van der Waals surface area contributed by atoms with Gasteiger partial charge in [-0.15, -0.1) is 13.2 Å². The average Bonchev–Trinajstić information content (AvgIpc) is 2.94. The van der Waals surface area contributed by atoms with Crippen LogP contribution < -0.4 is 19.5 Å². The zero-order chi connectivity index (χ0) is 22.6. The molecule has 1 fully saturated rings. The minimum Gasteiger partial charge on any atom is -0.497 e. The number of urea groups is 1. The maximum absolute atomic E-state index is 12.9. The fraction of sp³-hybridized carbons (Fsp3) is 0.333. The number of carbonyl (C=O) groups is 2. The van der Waals surface area contributed by atoms with E-state index in [4.69, 9.17) is 9.47 Å². The van der Waals surface area contributed by atoms with Crippen LogP contribution in [0.1, 0.15) is 18.9 Å². The minimum atomic E-state index is -4.81. The Morgan fingerprint density at radius 1 is 0.968 bits per heavy atom. The Morgan fingerprint density at radius 2 is 1.55 bits per heavy atom. The summed E-state index contributed by atoms with van der Waals surface area (Å²) >= 11 is 0. The molecule has 7 nitrogen and oxygen atoms in total. The van der Waals surface area contributed by atoms with E-state index in [2.05, 4.69) is 10.1 Å². The Hall–Kier alpha value is -3.43. The number of alkyl halides is 3. The van der Waals surface area contributed by atoms with Crippen LogP contribution in [0, 0.1) is 0 Å². The van der Waals surface area contributed by atoms with E-state index >= 15 is 0 Å². The van der Waals surface area contributed by atoms with Gasteiger partial charge in [-0.2, -0.15) is 0 Å². The summed E-state index contributed by atoms with van der Waals surface area (Å²) in [6.45, 7) is 1.91. The van der Waals surface area contributed by atoms with Crippen LogP contribution in [0.2, 0.25) is 0 Å². The number of nitrogens with zero attached hydrogens (tertiary/aromatic N) is 1. The lowest BCUT2D eigenvalue weighted by molar-refractivity contribution is -0.274. The lowest BCUT2D eigenvalue weighted by Crippen LogP contribution is -2.41. The first-order valence-electron chi connectivity index (χ1n) is 9.39. The van der Waals surface area contributed by atoms with E-state index in [0.29, 0.717) is 23.5 Å². The third-order valence-electron chi connectivity index (χ3n) is 4.79. The van der Waals surface area contributed by atoms with Crippen molar-refractivity contribution >= 4 is 11.9 Å². The highest BCUT2D eigenvalue weighted by molar-refractivity contribution is 6.07. The molecule has 2 aromatic rings. The summed E-state index contributed by atoms with van der Waals surface area (Å²) in [6.07, 6.45) is -4.41. The molecule has 1 atom stereocenters. The molecule has 10 heteroatoms. The first-order chi connectivity index (χ1) is 14.6. The number of rotatable bonds is 8. The van der Waals surface area contributed by atoms with Gasteiger partial charge in [-0.25, -0.2) is 4.79 Å². The first kappa shape index (κ1) is 22.3. The highest BCUT2D eigenvalue weighted by Crippen LogP contribution is 2.31. The molecule has 1 unspecified atom stereocenters. The molecule has 1 aliphatic rings. The van der Waals surface area contributed by atoms with Crippen LogP contribution in [-0.4, -0.2) is 43.5 Å². The Balaban J connectivity index is 1.57. The second-order valence-electron chi connectivity index (χ2n) is 6.96. The van der Waals surface area contributed by atoms with Crippen molar-refractivity contribution < 1.29 is 37.0 Å². The Labute approximate surface area is 176 Å². The van der Waals surface area contributed by atoms with E-state index in [1.54, 1.807) is 31.4 Å². The lowest BCUT2D eigenvalue weighted by Gasteiger charge is -2.22. The van der Waals surface area contributed by atoms with Crippen LogP contribution >= 0.6 is 0 Å². The van der Waals surface area contributed by atoms with Gasteiger partial charge in [0.1, 0.15) is 22.8 Å². The average molecular weight is 438 g/mol. The second kappa shape index (κ2) is 8.75. The minimum absolute atomic E-state index is 0.131. The van der Waals surface area contributed by atoms with Crippen molar-refractivity contribution in [3.8, 4) is 17.2 Å². The smallest absolute Gasteiger partial charge is 0.497 e. The van der Waals surface area contributed by atoms with Gasteiger partial charge in [-0.3, -0.25) is 9.69 Å². The summed E-state index contributed by atoms with van der Waals surface area (Å²) in [4.78, 5) is 26.3. The summed E-state index contributed by atoms with van der Waals surface area (Å²) < 4.78 is 51.4. The van der Waals surface area contributed by atoms with Crippen molar-refractivity contribution in [1.82, 2.24) is 10.2 Å². The SMILES string of the molecule is COc1ccc(OCCCN2C(=O)NC(C)(c3ccc(OC(F)(F)F)cc3)C2=O)cc1. The van der Waals surface area contributed by atoms with Crippen LogP contribution in [0.15, 0.2) is 48.5 Å². The predicted molar refractivity (Wildman–Crippen MR) is 104 cm³/mol. The summed E-state index contributed by atoms with van der Waals surface area (Å²) in [6, 6.07) is 11.2. The fourth-order valence-corrected chi connectivity index (χ4v) is 3.17. The molecule has 0 bridgehead atoms. The van der Waals surface area contributed by atoms with Crippen LogP contribution in [-0.2, 0) is 10.3 Å². The quantitative estimate of drug-likeness (QED) is 0.501. The largest absolute Gasteiger partial charge is 0.573 e. The summed E-state index contributed by atoms with van der Waals surface area (Å²) in [5.41, 5.74) is -1.04. The maximum Gasteiger partial charge on any atom is 0.573 e. The molecule has 0 radical (unpaired) electrons. The molecule has 2 aromatic carbocycles. The van der Waals surface area contributed by atoms with Crippen molar-refractivity contribution in [2.75, 3.05) is 20.3 Å². The van der Waals surface area contributed by atoms with E-state index in [1.165, 1.54) is 19.1 Å². The molecule has 0 aromatic heterocycles. The Kier molecular flexibility index (Phi) is 6.28. The maximum atomic E-state index is 12.9. The molecule has 166 valence electrons. The number of benzene rings is 2. The second-order valence-corrected chi connectivity index (χ2v) is 6.96. The summed E-state index contributed by atoms with van der Waals surface area (Å²) in [5.74, 6) is 0.420. The van der Waals surface area contributed by atoms with Crippen LogP contribution in [0.25, 0.3) is 0 Å². The normalized spacial score (nSPS) is 18.7. The molecule has 1 aliphatic heterocycles. The van der Waals surface area contributed by atoms with Gasteiger partial charge in [0.2, 0.25) is 0 Å². The zero-order valence-corrected chi connectivity index (χ0v) is 16.9. The van der Waals surface area contributed by atoms with Crippen LogP contribution in [0.5, 0.6) is 17.2 Å². The van der Waals surface area contributed by atoms with Gasteiger partial charge in [-0.1, -0.05) is 12.1 Å². The van der Waals surface area contributed by atoms with Crippen molar-refractivity contribution in [3.05, 3.63) is 54.1 Å². The molecule has 1 saturated heterocycles. The van der Waals surface area contributed by atoms with Crippen LogP contribution in [0.4, 0.5) is 18.0 Å². The molecular weight excluding hydrogens is 417 g/mol. The van der Waals surface area contributed by atoms with Gasteiger partial charge in [0.15, 0.2) is 0 Å². The fourth-order valence-electron chi connectivity index (χ4n) is 3.17. The van der Waals surface area contributed by atoms with E-state index in [-0.39, 0.29) is 13.2 Å². The van der Waals surface area contributed by atoms with Gasteiger partial charge in [-0.05, 0) is 55.3 Å². The Bertz CT molecular complexity index is 932. The van der Waals surface area contributed by atoms with Gasteiger partial charge < -0.3 is 19.5 Å². The highest BCUT2D eigenvalue weighted by Gasteiger charge is 2.48. The molecule has 3 rings (SSSR count). The van der Waals surface area contributed by atoms with Crippen molar-refractivity contribution in [2.45, 2.75) is 25.2 Å². The van der Waals surface area contributed by atoms with Crippen molar-refractivity contribution in [2.24, 2.45) is 0 Å². The van der Waals surface area contributed by atoms with E-state index in [0.717, 1.165) is 17.0 Å². The number of hydrogen-bond donors (Lipinski definition) is 1. The van der Waals surface area contributed by atoms with Crippen molar-refractivity contribution in [3.63, 3.8) is 0 Å². The summed E-state index contributed by atoms with van der Waals surface area (Å²) in [5, 5.41) is 2.61. The van der Waals surface area contributed by atoms with E-state index in [1.807, 2.05) is 0 Å². The van der Waals surface area contributed by atoms with E-state index in [9.17, 15) is 22.8 Å². The molecule has 0 aliphatic carbocycles. The monoisotopic (exact) mass is 438 g/mol. The number of ether oxygens (including phenoxy) is 3. The third kappa shape index (κ3) is 5.19. The topological polar surface area (TPSA) is 77.1 Å². The van der Waals surface area contributed by atoms with Gasteiger partial charge in [0.25, 0.3) is 5.91 Å². The van der Waals surface area contributed by atoms with Gasteiger partial charge in [0, 0.05) is 6.54 Å². The van der Waals surface area contributed by atoms with Crippen molar-refractivity contribution in [1.29, 1.82) is 0 Å². The van der Waals surface area contributed by atoms with Crippen LogP contribution in [0.3, 0.4) is 0 Å². The highest BCUT2D eigenvalue weighted by atomic mass is 19.4. The molecular formula is C21H21F3N2O5. The molecule has 31 heavy (non-hydrogen) atoms. The first-order valence-corrected chi connectivity index (χ1v) is 9.39. The number of methoxy groups -OCH3 is 1. The van der Waals surface area contributed by atoms with Gasteiger partial charge >= 0.3 is 12.4 Å². The summed E-state index contributed by atoms with van der Waals surface area (Å²) in [7, 11) is 1.56. The number of hydrogen-bond acceptors (Lipinski definition) is 5.